The van der Waals surface area contributed by atoms with Gasteiger partial charge in [-0.2, -0.15) is 9.29 Å². The molecule has 1 aromatic heterocycles. The number of carbonyl (C=O) groups is 2. The number of nitrogens with two attached hydrogens (primary N) is 1. The molecule has 3 unspecified atom stereocenters. The van der Waals surface area contributed by atoms with Gasteiger partial charge < -0.3 is 39.9 Å². The first-order valence-corrected chi connectivity index (χ1v) is 27.8. The zero-order chi connectivity index (χ0) is 48.8. The van der Waals surface area contributed by atoms with Crippen molar-refractivity contribution in [1.82, 2.24) is 9.55 Å². The normalized spacial score (nSPS) is 19.8. The molecule has 0 amide bonds. The molecule has 0 spiro atoms. The first-order valence-electron chi connectivity index (χ1n) is 24.8. The van der Waals surface area contributed by atoms with Crippen LogP contribution < -0.4 is 11.4 Å². The minimum Gasteiger partial charge on any atom is -0.462 e. The second kappa shape index (κ2) is 34.1. The molecule has 0 radical (unpaired) electrons. The number of aliphatic hydroxyl groups excluding tert-OH is 2. The molecular weight excluding hydrogens is 896 g/mol. The Morgan fingerprint density at radius 2 is 1.12 bits per heavy atom. The summed E-state index contributed by atoms with van der Waals surface area (Å²) in [6.07, 6.45) is 20.6. The Balaban J connectivity index is 1.81. The van der Waals surface area contributed by atoms with Crippen LogP contribution in [0.5, 0.6) is 0 Å². The van der Waals surface area contributed by atoms with Gasteiger partial charge in [-0.15, -0.1) is 0 Å². The summed E-state index contributed by atoms with van der Waals surface area (Å²) >= 11 is 0. The molecule has 1 aliphatic rings. The van der Waals surface area contributed by atoms with Crippen LogP contribution in [0.1, 0.15) is 201 Å². The Morgan fingerprint density at radius 3 is 1.59 bits per heavy atom. The topological polar surface area (TPSA) is 265 Å². The first kappa shape index (κ1) is 59.9. The van der Waals surface area contributed by atoms with Gasteiger partial charge in [0.2, 0.25) is 0 Å². The number of unbranched alkanes of at least 4 members (excludes halogenated alkanes) is 20. The lowest BCUT2D eigenvalue weighted by atomic mass is 10.0. The van der Waals surface area contributed by atoms with Gasteiger partial charge in [0.25, 0.3) is 0 Å². The van der Waals surface area contributed by atoms with Crippen LogP contribution in [0.15, 0.2) is 17.1 Å². The Morgan fingerprint density at radius 1 is 0.682 bits per heavy atom. The van der Waals surface area contributed by atoms with Crippen molar-refractivity contribution in [3.05, 3.63) is 22.7 Å². The Bertz CT molecular complexity index is 1630. The molecule has 1 fully saturated rings. The fourth-order valence-corrected chi connectivity index (χ4v) is 9.79. The van der Waals surface area contributed by atoms with Gasteiger partial charge in [-0.05, 0) is 30.7 Å². The molecule has 0 bridgehead atoms. The minimum absolute atomic E-state index is 0.0558. The lowest BCUT2D eigenvalue weighted by molar-refractivity contribution is -0.161. The van der Waals surface area contributed by atoms with Gasteiger partial charge in [0, 0.05) is 19.0 Å². The molecule has 384 valence electrons. The van der Waals surface area contributed by atoms with E-state index < -0.39 is 83.7 Å². The molecule has 20 heteroatoms. The number of nitrogen functional groups attached to an aromatic ring is 1. The van der Waals surface area contributed by atoms with E-state index in [2.05, 4.69) is 37.0 Å². The van der Waals surface area contributed by atoms with E-state index in [1.165, 1.54) is 102 Å². The van der Waals surface area contributed by atoms with E-state index in [1.54, 1.807) is 0 Å². The molecule has 18 nitrogen and oxygen atoms in total. The van der Waals surface area contributed by atoms with E-state index in [4.69, 9.17) is 29.0 Å². The van der Waals surface area contributed by atoms with Crippen LogP contribution in [0.25, 0.3) is 0 Å². The summed E-state index contributed by atoms with van der Waals surface area (Å²) < 4.78 is 56.7. The number of nitrogens with zero attached hydrogens (tertiary/aromatic N) is 2. The summed E-state index contributed by atoms with van der Waals surface area (Å²) in [5.74, 6) is 0.249. The molecule has 66 heavy (non-hydrogen) atoms. The van der Waals surface area contributed by atoms with Crippen LogP contribution in [-0.4, -0.2) is 85.7 Å². The maximum Gasteiger partial charge on any atom is 0.481 e. The largest absolute Gasteiger partial charge is 0.481 e. The van der Waals surface area contributed by atoms with Crippen molar-refractivity contribution in [1.29, 1.82) is 0 Å². The Labute approximate surface area is 393 Å². The van der Waals surface area contributed by atoms with Crippen molar-refractivity contribution in [3.63, 3.8) is 0 Å². The lowest BCUT2D eigenvalue weighted by Crippen LogP contribution is -2.36. The SMILES string of the molecule is CC(C)CCCCCCCCCCCCCC(=O)OC[C@H](COP(=O)(O)OP(=O)(O)OC[C@H]1O[C@@H](n2ccc(N)nc2=O)C(O)[C@H]1O)OC(=O)CCCCCCCCCCCCCC(C)C. The van der Waals surface area contributed by atoms with E-state index >= 15 is 0 Å². The second-order valence-electron chi connectivity index (χ2n) is 18.6. The number of carbonyl (C=O) groups excluding carboxylic acids is 2. The number of phosphoric ester groups is 2. The molecule has 6 N–H and O–H groups in total. The number of ether oxygens (including phenoxy) is 3. The van der Waals surface area contributed by atoms with Crippen LogP contribution in [0.3, 0.4) is 0 Å². The predicted octanol–water partition coefficient (Wildman–Crippen LogP) is 9.60. The molecule has 0 aliphatic carbocycles. The molecule has 2 rings (SSSR count). The standard InChI is InChI=1S/C46H85N3O15P2/c1-36(2)27-23-19-15-11-7-5-9-13-17-21-25-29-41(50)59-33-38(62-42(51)30-26-22-18-14-10-6-8-12-16-20-24-28-37(3)4)34-60-65(55,56)64-66(57,58)61-35-39-43(52)44(53)45(63-39)49-32-31-40(47)48-46(49)54/h31-32,36-39,43-45,52-53H,5-30,33-35H2,1-4H3,(H,55,56)(H,57,58)(H2,47,48,54)/t38-,39-,43+,44?,45-/m1/s1. The van der Waals surface area contributed by atoms with Crippen molar-refractivity contribution in [2.75, 3.05) is 25.6 Å². The molecule has 2 heterocycles. The summed E-state index contributed by atoms with van der Waals surface area (Å²) in [7, 11) is -10.8. The number of esters is 2. The maximum absolute atomic E-state index is 12.8. The zero-order valence-electron chi connectivity index (χ0n) is 40.3. The van der Waals surface area contributed by atoms with Gasteiger partial charge in [-0.25, -0.2) is 13.9 Å². The third-order valence-corrected chi connectivity index (χ3v) is 14.1. The van der Waals surface area contributed by atoms with Crippen molar-refractivity contribution in [2.45, 2.75) is 225 Å². The Kier molecular flexibility index (Phi) is 31.0. The number of aromatic nitrogens is 2. The van der Waals surface area contributed by atoms with E-state index in [-0.39, 0.29) is 18.7 Å². The maximum atomic E-state index is 12.8. The summed E-state index contributed by atoms with van der Waals surface area (Å²) in [6.45, 7) is 6.76. The van der Waals surface area contributed by atoms with Gasteiger partial charge in [0.05, 0.1) is 13.2 Å². The van der Waals surface area contributed by atoms with Gasteiger partial charge in [0.15, 0.2) is 12.3 Å². The summed E-state index contributed by atoms with van der Waals surface area (Å²) in [5.41, 5.74) is 4.59. The molecule has 1 saturated heterocycles. The third kappa shape index (κ3) is 28.3. The monoisotopic (exact) mass is 982 g/mol. The fraction of sp³-hybridized carbons (Fsp3) is 0.870. The third-order valence-electron chi connectivity index (χ3n) is 11.5. The number of anilines is 1. The first-order chi connectivity index (χ1) is 31.4. The highest BCUT2D eigenvalue weighted by molar-refractivity contribution is 7.61. The average molecular weight is 982 g/mol. The van der Waals surface area contributed by atoms with Crippen molar-refractivity contribution in [2.24, 2.45) is 11.8 Å². The molecule has 0 saturated carbocycles. The van der Waals surface area contributed by atoms with E-state index in [0.717, 1.165) is 67.8 Å². The van der Waals surface area contributed by atoms with Crippen LogP contribution in [0.2, 0.25) is 0 Å². The predicted molar refractivity (Wildman–Crippen MR) is 252 cm³/mol. The Hall–Kier alpha value is -2.24. The molecule has 1 aliphatic heterocycles. The minimum atomic E-state index is -5.42. The van der Waals surface area contributed by atoms with E-state index in [9.17, 15) is 43.5 Å². The van der Waals surface area contributed by atoms with Crippen LogP contribution in [-0.2, 0) is 46.3 Å². The smallest absolute Gasteiger partial charge is 0.462 e. The summed E-state index contributed by atoms with van der Waals surface area (Å²) in [5, 5.41) is 20.9. The highest BCUT2D eigenvalue weighted by Crippen LogP contribution is 2.60. The fourth-order valence-electron chi connectivity index (χ4n) is 7.68. The number of rotatable bonds is 40. The number of aliphatic hydroxyl groups is 2. The van der Waals surface area contributed by atoms with Crippen molar-refractivity contribution in [3.8, 4) is 0 Å². The average Bonchev–Trinajstić information content (AvgIpc) is 3.52. The van der Waals surface area contributed by atoms with Gasteiger partial charge in [0.1, 0.15) is 30.7 Å². The molecule has 1 aromatic rings. The molecular formula is C46H85N3O15P2. The zero-order valence-corrected chi connectivity index (χ0v) is 42.1. The van der Waals surface area contributed by atoms with Crippen LogP contribution in [0.4, 0.5) is 5.82 Å². The van der Waals surface area contributed by atoms with Crippen LogP contribution in [0, 0.1) is 11.8 Å². The van der Waals surface area contributed by atoms with Gasteiger partial charge in [-0.1, -0.05) is 169 Å². The number of hydrogen-bond donors (Lipinski definition) is 5. The van der Waals surface area contributed by atoms with E-state index in [0.29, 0.717) is 12.8 Å². The number of hydrogen-bond acceptors (Lipinski definition) is 15. The highest BCUT2D eigenvalue weighted by Gasteiger charge is 2.46. The van der Waals surface area contributed by atoms with Crippen molar-refractivity contribution >= 4 is 33.4 Å². The van der Waals surface area contributed by atoms with Gasteiger partial charge >= 0.3 is 33.3 Å². The summed E-state index contributed by atoms with van der Waals surface area (Å²) in [6, 6.07) is 1.25. The quantitative estimate of drug-likeness (QED) is 0.0233. The van der Waals surface area contributed by atoms with Crippen LogP contribution >= 0.6 is 15.6 Å². The lowest BCUT2D eigenvalue weighted by Gasteiger charge is -2.21. The second-order valence-corrected chi connectivity index (χ2v) is 21.7. The van der Waals surface area contributed by atoms with E-state index in [1.807, 2.05) is 0 Å². The summed E-state index contributed by atoms with van der Waals surface area (Å²) in [4.78, 5) is 61.8. The highest BCUT2D eigenvalue weighted by atomic mass is 31.3. The van der Waals surface area contributed by atoms with Gasteiger partial charge in [-0.3, -0.25) is 23.2 Å². The van der Waals surface area contributed by atoms with Crippen molar-refractivity contribution < 1.29 is 66.3 Å². The molecule has 0 aromatic carbocycles. The molecule has 7 atom stereocenters. The number of phosphoric acid groups is 2.